The fraction of sp³-hybridized carbons (Fsp3) is 0.714. The maximum absolute atomic E-state index is 10.7. The molecule has 1 fully saturated rings. The average Bonchev–Trinajstić information content (AvgIpc) is 2.33. The normalized spacial score (nSPS) is 23.7. The quantitative estimate of drug-likeness (QED) is 0.580. The number of likely N-dealkylation sites (tertiary alicyclic amines) is 1. The molecule has 1 aliphatic rings. The molecular formula is C7H11NO3. The zero-order valence-corrected chi connectivity index (χ0v) is 6.41. The van der Waals surface area contributed by atoms with Gasteiger partial charge in [-0.05, 0) is 6.42 Å². The van der Waals surface area contributed by atoms with E-state index in [0.29, 0.717) is 19.5 Å². The lowest BCUT2D eigenvalue weighted by Gasteiger charge is -2.11. The predicted molar refractivity (Wildman–Crippen MR) is 38.0 cm³/mol. The summed E-state index contributed by atoms with van der Waals surface area (Å²) in [6.07, 6.45) is 0.592. The van der Waals surface area contributed by atoms with E-state index in [1.54, 1.807) is 4.90 Å². The van der Waals surface area contributed by atoms with Crippen LogP contribution in [0.3, 0.4) is 0 Å². The number of rotatable bonds is 1. The molecule has 0 spiro atoms. The maximum Gasteiger partial charge on any atom is 0.308 e. The van der Waals surface area contributed by atoms with Gasteiger partial charge in [0, 0.05) is 20.0 Å². The molecule has 0 aromatic rings. The summed E-state index contributed by atoms with van der Waals surface area (Å²) in [6.45, 7) is 2.43. The van der Waals surface area contributed by atoms with Crippen LogP contribution in [0.4, 0.5) is 0 Å². The minimum Gasteiger partial charge on any atom is -0.481 e. The summed E-state index contributed by atoms with van der Waals surface area (Å²) in [5.74, 6) is -1.18. The van der Waals surface area contributed by atoms with Gasteiger partial charge in [-0.15, -0.1) is 0 Å². The minimum atomic E-state index is -0.797. The van der Waals surface area contributed by atoms with Crippen LogP contribution < -0.4 is 0 Å². The largest absolute Gasteiger partial charge is 0.481 e. The third kappa shape index (κ3) is 1.69. The molecule has 0 unspecified atom stereocenters. The van der Waals surface area contributed by atoms with Gasteiger partial charge in [-0.2, -0.15) is 0 Å². The summed E-state index contributed by atoms with van der Waals surface area (Å²) in [5.41, 5.74) is 0. The Labute approximate surface area is 64.8 Å². The highest BCUT2D eigenvalue weighted by molar-refractivity contribution is 5.76. The molecule has 1 aliphatic heterocycles. The van der Waals surface area contributed by atoms with Crippen LogP contribution in [0, 0.1) is 5.92 Å². The fourth-order valence-electron chi connectivity index (χ4n) is 1.25. The van der Waals surface area contributed by atoms with E-state index < -0.39 is 5.97 Å². The summed E-state index contributed by atoms with van der Waals surface area (Å²) in [6, 6.07) is 0. The second-order valence-electron chi connectivity index (χ2n) is 2.79. The van der Waals surface area contributed by atoms with Gasteiger partial charge < -0.3 is 10.0 Å². The van der Waals surface area contributed by atoms with Crippen LogP contribution in [0.1, 0.15) is 13.3 Å². The highest BCUT2D eigenvalue weighted by Gasteiger charge is 2.28. The van der Waals surface area contributed by atoms with Gasteiger partial charge in [-0.3, -0.25) is 9.59 Å². The van der Waals surface area contributed by atoms with Crippen molar-refractivity contribution in [1.82, 2.24) is 4.90 Å². The molecule has 0 radical (unpaired) electrons. The van der Waals surface area contributed by atoms with Crippen molar-refractivity contribution in [3.8, 4) is 0 Å². The molecule has 4 nitrogen and oxygen atoms in total. The van der Waals surface area contributed by atoms with Gasteiger partial charge >= 0.3 is 5.97 Å². The predicted octanol–water partition coefficient (Wildman–Crippen LogP) is -0.0606. The number of carboxylic acid groups (broad SMARTS) is 1. The lowest BCUT2D eigenvalue weighted by Crippen LogP contribution is -2.27. The molecule has 0 aromatic carbocycles. The van der Waals surface area contributed by atoms with Crippen LogP contribution >= 0.6 is 0 Å². The first-order valence-electron chi connectivity index (χ1n) is 3.59. The molecule has 4 heteroatoms. The summed E-state index contributed by atoms with van der Waals surface area (Å²) < 4.78 is 0. The molecule has 1 heterocycles. The summed E-state index contributed by atoms with van der Waals surface area (Å²) >= 11 is 0. The van der Waals surface area contributed by atoms with Crippen molar-refractivity contribution in [1.29, 1.82) is 0 Å². The lowest BCUT2D eigenvalue weighted by molar-refractivity contribution is -0.141. The first-order chi connectivity index (χ1) is 5.11. The number of hydrogen-bond donors (Lipinski definition) is 1. The Balaban J connectivity index is 2.47. The molecule has 1 N–H and O–H groups in total. The van der Waals surface area contributed by atoms with Gasteiger partial charge in [0.2, 0.25) is 5.91 Å². The van der Waals surface area contributed by atoms with E-state index in [1.807, 2.05) is 0 Å². The van der Waals surface area contributed by atoms with Gasteiger partial charge in [0.15, 0.2) is 0 Å². The van der Waals surface area contributed by atoms with Crippen molar-refractivity contribution < 1.29 is 14.7 Å². The molecule has 0 aliphatic carbocycles. The first-order valence-corrected chi connectivity index (χ1v) is 3.59. The standard InChI is InChI=1S/C7H11NO3/c1-5(9)8-3-2-6(4-8)7(10)11/h6H,2-4H2,1H3,(H,10,11)/t6-/m0/s1. The minimum absolute atomic E-state index is 0.0336. The second-order valence-corrected chi connectivity index (χ2v) is 2.79. The number of nitrogens with zero attached hydrogens (tertiary/aromatic N) is 1. The maximum atomic E-state index is 10.7. The van der Waals surface area contributed by atoms with Crippen molar-refractivity contribution in [2.24, 2.45) is 5.92 Å². The SMILES string of the molecule is CC(=O)N1CC[C@H](C(=O)O)C1. The average molecular weight is 157 g/mol. The summed E-state index contributed by atoms with van der Waals surface area (Å²) in [4.78, 5) is 22.7. The smallest absolute Gasteiger partial charge is 0.308 e. The highest BCUT2D eigenvalue weighted by atomic mass is 16.4. The molecule has 0 bridgehead atoms. The van der Waals surface area contributed by atoms with E-state index >= 15 is 0 Å². The Morgan fingerprint density at radius 2 is 2.18 bits per heavy atom. The van der Waals surface area contributed by atoms with Crippen LogP contribution in [-0.2, 0) is 9.59 Å². The van der Waals surface area contributed by atoms with E-state index in [4.69, 9.17) is 5.11 Å². The van der Waals surface area contributed by atoms with Gasteiger partial charge in [-0.25, -0.2) is 0 Å². The van der Waals surface area contributed by atoms with Crippen molar-refractivity contribution >= 4 is 11.9 Å². The van der Waals surface area contributed by atoms with Crippen LogP contribution in [0.5, 0.6) is 0 Å². The van der Waals surface area contributed by atoms with Crippen LogP contribution in [0.15, 0.2) is 0 Å². The Kier molecular flexibility index (Phi) is 2.12. The zero-order valence-electron chi connectivity index (χ0n) is 6.41. The molecule has 0 aromatic heterocycles. The van der Waals surface area contributed by atoms with Crippen molar-refractivity contribution in [2.75, 3.05) is 13.1 Å². The van der Waals surface area contributed by atoms with Gasteiger partial charge in [0.1, 0.15) is 0 Å². The third-order valence-electron chi connectivity index (χ3n) is 1.98. The van der Waals surface area contributed by atoms with E-state index in [2.05, 4.69) is 0 Å². The Bertz CT molecular complexity index is 170. The number of hydrogen-bond acceptors (Lipinski definition) is 2. The molecule has 1 rings (SSSR count). The van der Waals surface area contributed by atoms with Gasteiger partial charge in [-0.1, -0.05) is 0 Å². The van der Waals surface area contributed by atoms with Crippen LogP contribution in [0.25, 0.3) is 0 Å². The highest BCUT2D eigenvalue weighted by Crippen LogP contribution is 2.15. The van der Waals surface area contributed by atoms with Crippen molar-refractivity contribution in [3.05, 3.63) is 0 Å². The Hall–Kier alpha value is -1.06. The van der Waals surface area contributed by atoms with Crippen LogP contribution in [-0.4, -0.2) is 35.0 Å². The van der Waals surface area contributed by atoms with Crippen molar-refractivity contribution in [2.45, 2.75) is 13.3 Å². The number of aliphatic carboxylic acids is 1. The number of carbonyl (C=O) groups is 2. The fourth-order valence-corrected chi connectivity index (χ4v) is 1.25. The van der Waals surface area contributed by atoms with Crippen molar-refractivity contribution in [3.63, 3.8) is 0 Å². The van der Waals surface area contributed by atoms with Gasteiger partial charge in [0.05, 0.1) is 5.92 Å². The summed E-state index contributed by atoms with van der Waals surface area (Å²) in [7, 11) is 0. The number of carboxylic acids is 1. The Morgan fingerprint density at radius 1 is 1.55 bits per heavy atom. The second kappa shape index (κ2) is 2.90. The lowest BCUT2D eigenvalue weighted by atomic mass is 10.1. The van der Waals surface area contributed by atoms with E-state index in [0.717, 1.165) is 0 Å². The molecule has 1 atom stereocenters. The monoisotopic (exact) mass is 157 g/mol. The first kappa shape index (κ1) is 8.04. The van der Waals surface area contributed by atoms with E-state index in [1.165, 1.54) is 6.92 Å². The van der Waals surface area contributed by atoms with E-state index in [-0.39, 0.29) is 11.8 Å². The molecule has 1 amide bonds. The number of amides is 1. The van der Waals surface area contributed by atoms with Gasteiger partial charge in [0.25, 0.3) is 0 Å². The molecular weight excluding hydrogens is 146 g/mol. The molecule has 11 heavy (non-hydrogen) atoms. The zero-order chi connectivity index (χ0) is 8.43. The number of carbonyl (C=O) groups excluding carboxylic acids is 1. The molecule has 1 saturated heterocycles. The topological polar surface area (TPSA) is 57.6 Å². The van der Waals surface area contributed by atoms with E-state index in [9.17, 15) is 9.59 Å². The van der Waals surface area contributed by atoms with Crippen LogP contribution in [0.2, 0.25) is 0 Å². The third-order valence-corrected chi connectivity index (χ3v) is 1.98. The summed E-state index contributed by atoms with van der Waals surface area (Å²) in [5, 5.41) is 8.57. The Morgan fingerprint density at radius 3 is 2.45 bits per heavy atom. The molecule has 0 saturated carbocycles. The molecule has 62 valence electrons.